The summed E-state index contributed by atoms with van der Waals surface area (Å²) in [6.07, 6.45) is 1.92. The number of hydrogen-bond acceptors (Lipinski definition) is 5. The van der Waals surface area contributed by atoms with E-state index in [1.165, 1.54) is 29.4 Å². The summed E-state index contributed by atoms with van der Waals surface area (Å²) in [7, 11) is -3.11. The normalized spacial score (nSPS) is 16.7. The number of amides is 1. The van der Waals surface area contributed by atoms with Gasteiger partial charge in [0.2, 0.25) is 0 Å². The number of rotatable bonds is 3. The number of hydrogen-bond donors (Lipinski definition) is 0. The van der Waals surface area contributed by atoms with Gasteiger partial charge < -0.3 is 4.90 Å². The second-order valence-corrected chi connectivity index (χ2v) is 7.42. The maximum atomic E-state index is 12.4. The van der Waals surface area contributed by atoms with Crippen LogP contribution >= 0.6 is 0 Å². The molecule has 114 valence electrons. The summed E-state index contributed by atoms with van der Waals surface area (Å²) in [5, 5.41) is 10.5. The first-order valence-corrected chi connectivity index (χ1v) is 8.47. The fraction of sp³-hybridized carbons (Fsp3) is 0.462. The van der Waals surface area contributed by atoms with Crippen LogP contribution in [0.1, 0.15) is 23.2 Å². The Morgan fingerprint density at radius 1 is 1.29 bits per heavy atom. The van der Waals surface area contributed by atoms with Crippen molar-refractivity contribution in [2.45, 2.75) is 18.1 Å². The maximum absolute atomic E-state index is 12.4. The van der Waals surface area contributed by atoms with Gasteiger partial charge in [-0.05, 0) is 18.9 Å². The number of carbonyl (C=O) groups is 1. The summed E-state index contributed by atoms with van der Waals surface area (Å²) in [6, 6.07) is 5.79. The van der Waals surface area contributed by atoms with Gasteiger partial charge in [0.05, 0.1) is 10.2 Å². The van der Waals surface area contributed by atoms with Crippen molar-refractivity contribution in [2.24, 2.45) is 0 Å². The number of benzene rings is 1. The van der Waals surface area contributed by atoms with Crippen LogP contribution in [0.5, 0.6) is 0 Å². The maximum Gasteiger partial charge on any atom is 0.282 e. The zero-order valence-corrected chi connectivity index (χ0v) is 12.4. The Morgan fingerprint density at radius 3 is 2.38 bits per heavy atom. The van der Waals surface area contributed by atoms with Crippen LogP contribution in [-0.4, -0.2) is 48.7 Å². The standard InChI is InChI=1S/C13H16N2O5S/c1-21(19,20)10-6-8-14(9-7-10)13(16)11-4-2-3-5-12(11)15(17)18/h2-5,10H,6-9H2,1H3. The van der Waals surface area contributed by atoms with Gasteiger partial charge in [-0.1, -0.05) is 12.1 Å². The van der Waals surface area contributed by atoms with E-state index in [1.54, 1.807) is 6.07 Å². The van der Waals surface area contributed by atoms with Crippen LogP contribution < -0.4 is 0 Å². The first-order chi connectivity index (χ1) is 9.80. The topological polar surface area (TPSA) is 97.6 Å². The molecule has 0 radical (unpaired) electrons. The molecule has 0 N–H and O–H groups in total. The minimum Gasteiger partial charge on any atom is -0.338 e. The zero-order valence-electron chi connectivity index (χ0n) is 11.6. The molecule has 0 atom stereocenters. The molecule has 7 nitrogen and oxygen atoms in total. The predicted molar refractivity (Wildman–Crippen MR) is 76.9 cm³/mol. The van der Waals surface area contributed by atoms with Gasteiger partial charge in [-0.25, -0.2) is 8.42 Å². The van der Waals surface area contributed by atoms with Crippen molar-refractivity contribution in [3.05, 3.63) is 39.9 Å². The van der Waals surface area contributed by atoms with Gasteiger partial charge in [0, 0.05) is 25.4 Å². The van der Waals surface area contributed by atoms with Crippen LogP contribution in [0.15, 0.2) is 24.3 Å². The Bertz CT molecular complexity index is 663. The van der Waals surface area contributed by atoms with E-state index >= 15 is 0 Å². The summed E-state index contributed by atoms with van der Waals surface area (Å²) >= 11 is 0. The van der Waals surface area contributed by atoms with Gasteiger partial charge >= 0.3 is 0 Å². The smallest absolute Gasteiger partial charge is 0.282 e. The Hall–Kier alpha value is -1.96. The Labute approximate surface area is 122 Å². The molecule has 0 spiro atoms. The molecular weight excluding hydrogens is 296 g/mol. The number of piperidine rings is 1. The van der Waals surface area contributed by atoms with Gasteiger partial charge in [-0.15, -0.1) is 0 Å². The lowest BCUT2D eigenvalue weighted by Gasteiger charge is -2.31. The number of likely N-dealkylation sites (tertiary alicyclic amines) is 1. The van der Waals surface area contributed by atoms with E-state index in [-0.39, 0.29) is 11.3 Å². The van der Waals surface area contributed by atoms with Crippen molar-refractivity contribution in [3.8, 4) is 0 Å². The number of sulfone groups is 1. The molecule has 1 heterocycles. The lowest BCUT2D eigenvalue weighted by Crippen LogP contribution is -2.42. The van der Waals surface area contributed by atoms with Crippen molar-refractivity contribution in [1.29, 1.82) is 0 Å². The molecular formula is C13H16N2O5S. The highest BCUT2D eigenvalue weighted by Crippen LogP contribution is 2.23. The molecule has 1 amide bonds. The molecule has 8 heteroatoms. The van der Waals surface area contributed by atoms with Crippen molar-refractivity contribution < 1.29 is 18.1 Å². The number of nitro benzene ring substituents is 1. The third kappa shape index (κ3) is 3.38. The molecule has 0 unspecified atom stereocenters. The fourth-order valence-corrected chi connectivity index (χ4v) is 3.54. The van der Waals surface area contributed by atoms with E-state index in [4.69, 9.17) is 0 Å². The van der Waals surface area contributed by atoms with Crippen LogP contribution in [0.2, 0.25) is 0 Å². The highest BCUT2D eigenvalue weighted by atomic mass is 32.2. The lowest BCUT2D eigenvalue weighted by atomic mass is 10.1. The molecule has 0 saturated carbocycles. The summed E-state index contributed by atoms with van der Waals surface area (Å²) in [6.45, 7) is 0.589. The van der Waals surface area contributed by atoms with Crippen molar-refractivity contribution >= 4 is 21.4 Å². The van der Waals surface area contributed by atoms with E-state index in [9.17, 15) is 23.3 Å². The van der Waals surface area contributed by atoms with Gasteiger partial charge in [0.1, 0.15) is 15.4 Å². The molecule has 0 aromatic heterocycles. The minimum absolute atomic E-state index is 0.0419. The third-order valence-electron chi connectivity index (χ3n) is 3.67. The molecule has 1 aliphatic rings. The van der Waals surface area contributed by atoms with Crippen LogP contribution in [0.3, 0.4) is 0 Å². The Morgan fingerprint density at radius 2 is 1.86 bits per heavy atom. The van der Waals surface area contributed by atoms with E-state index < -0.39 is 25.9 Å². The van der Waals surface area contributed by atoms with Crippen molar-refractivity contribution in [3.63, 3.8) is 0 Å². The highest BCUT2D eigenvalue weighted by molar-refractivity contribution is 7.91. The predicted octanol–water partition coefficient (Wildman–Crippen LogP) is 1.24. The van der Waals surface area contributed by atoms with Gasteiger partial charge in [0.25, 0.3) is 11.6 Å². The van der Waals surface area contributed by atoms with Crippen LogP contribution in [0, 0.1) is 10.1 Å². The van der Waals surface area contributed by atoms with Crippen molar-refractivity contribution in [1.82, 2.24) is 4.90 Å². The van der Waals surface area contributed by atoms with E-state index in [1.807, 2.05) is 0 Å². The molecule has 2 rings (SSSR count). The van der Waals surface area contributed by atoms with E-state index in [0.717, 1.165) is 0 Å². The first kappa shape index (κ1) is 15.4. The zero-order chi connectivity index (χ0) is 15.6. The molecule has 0 aliphatic carbocycles. The fourth-order valence-electron chi connectivity index (χ4n) is 2.47. The largest absolute Gasteiger partial charge is 0.338 e. The van der Waals surface area contributed by atoms with Crippen molar-refractivity contribution in [2.75, 3.05) is 19.3 Å². The second kappa shape index (κ2) is 5.80. The monoisotopic (exact) mass is 312 g/mol. The number of nitrogens with zero attached hydrogens (tertiary/aromatic N) is 2. The average molecular weight is 312 g/mol. The highest BCUT2D eigenvalue weighted by Gasteiger charge is 2.31. The average Bonchev–Trinajstić information content (AvgIpc) is 2.45. The van der Waals surface area contributed by atoms with E-state index in [0.29, 0.717) is 25.9 Å². The van der Waals surface area contributed by atoms with Crippen LogP contribution in [-0.2, 0) is 9.84 Å². The summed E-state index contributed by atoms with van der Waals surface area (Å²) in [5.41, 5.74) is -0.187. The second-order valence-electron chi connectivity index (χ2n) is 5.10. The SMILES string of the molecule is CS(=O)(=O)C1CCN(C(=O)c2ccccc2[N+](=O)[O-])CC1. The molecule has 1 aromatic rings. The van der Waals surface area contributed by atoms with E-state index in [2.05, 4.69) is 0 Å². The van der Waals surface area contributed by atoms with Crippen LogP contribution in [0.25, 0.3) is 0 Å². The molecule has 1 saturated heterocycles. The summed E-state index contributed by atoms with van der Waals surface area (Å²) < 4.78 is 23.0. The van der Waals surface area contributed by atoms with Gasteiger partial charge in [-0.2, -0.15) is 0 Å². The first-order valence-electron chi connectivity index (χ1n) is 6.52. The third-order valence-corrected chi connectivity index (χ3v) is 5.35. The number of carbonyl (C=O) groups excluding carboxylic acids is 1. The van der Waals surface area contributed by atoms with Crippen LogP contribution in [0.4, 0.5) is 5.69 Å². The lowest BCUT2D eigenvalue weighted by molar-refractivity contribution is -0.385. The summed E-state index contributed by atoms with van der Waals surface area (Å²) in [5.74, 6) is -0.422. The Balaban J connectivity index is 2.15. The molecule has 1 fully saturated rings. The summed E-state index contributed by atoms with van der Waals surface area (Å²) in [4.78, 5) is 24.2. The Kier molecular flexibility index (Phi) is 4.26. The number of nitro groups is 1. The quantitative estimate of drug-likeness (QED) is 0.618. The molecule has 21 heavy (non-hydrogen) atoms. The molecule has 0 bridgehead atoms. The van der Waals surface area contributed by atoms with Gasteiger partial charge in [-0.3, -0.25) is 14.9 Å². The number of para-hydroxylation sites is 1. The van der Waals surface area contributed by atoms with Gasteiger partial charge in [0.15, 0.2) is 0 Å². The molecule has 1 aliphatic heterocycles. The molecule has 1 aromatic carbocycles. The minimum atomic E-state index is -3.11.